The Labute approximate surface area is 142 Å². The molecule has 0 spiro atoms. The van der Waals surface area contributed by atoms with Gasteiger partial charge < -0.3 is 20.3 Å². The van der Waals surface area contributed by atoms with Gasteiger partial charge in [-0.2, -0.15) is 0 Å². The number of rotatable bonds is 4. The number of aliphatic hydroxyl groups excluding tert-OH is 1. The molecule has 2 aromatic rings. The van der Waals surface area contributed by atoms with E-state index >= 15 is 0 Å². The van der Waals surface area contributed by atoms with Crippen LogP contribution in [0, 0.1) is 0 Å². The highest BCUT2D eigenvalue weighted by molar-refractivity contribution is 5.85. The molecule has 0 aromatic heterocycles. The molecule has 1 aliphatic rings. The number of nitrogens with two attached hydrogens (primary N) is 1. The lowest BCUT2D eigenvalue weighted by atomic mass is 9.79. The highest BCUT2D eigenvalue weighted by Crippen LogP contribution is 2.31. The number of aliphatic hydroxyl groups is 1. The summed E-state index contributed by atoms with van der Waals surface area (Å²) in [6.07, 6.45) is 2.39. The van der Waals surface area contributed by atoms with Gasteiger partial charge in [-0.1, -0.05) is 6.07 Å². The van der Waals surface area contributed by atoms with E-state index in [0.717, 1.165) is 35.7 Å². The van der Waals surface area contributed by atoms with Crippen LogP contribution in [-0.4, -0.2) is 24.4 Å². The summed E-state index contributed by atoms with van der Waals surface area (Å²) in [5, 5.41) is 9.46. The first-order chi connectivity index (χ1) is 10.6. The van der Waals surface area contributed by atoms with Gasteiger partial charge in [0.25, 0.3) is 0 Å². The molecule has 0 saturated heterocycles. The minimum Gasteiger partial charge on any atom is -0.497 e. The number of methoxy groups -OCH3 is 1. The van der Waals surface area contributed by atoms with Crippen LogP contribution in [0.1, 0.15) is 17.5 Å². The van der Waals surface area contributed by atoms with E-state index in [1.165, 1.54) is 5.56 Å². The van der Waals surface area contributed by atoms with Gasteiger partial charge in [-0.05, 0) is 66.8 Å². The van der Waals surface area contributed by atoms with Gasteiger partial charge in [-0.3, -0.25) is 0 Å². The van der Waals surface area contributed by atoms with Crippen molar-refractivity contribution < 1.29 is 14.6 Å². The molecule has 0 saturated carbocycles. The summed E-state index contributed by atoms with van der Waals surface area (Å²) in [6, 6.07) is 13.6. The number of fused-ring (bicyclic) bond motifs is 1. The van der Waals surface area contributed by atoms with Crippen molar-refractivity contribution in [1.82, 2.24) is 0 Å². The molecule has 0 heterocycles. The second kappa shape index (κ2) is 7.21. The fourth-order valence-corrected chi connectivity index (χ4v) is 2.84. The zero-order valence-electron chi connectivity index (χ0n) is 13.1. The average molecular weight is 336 g/mol. The Kier molecular flexibility index (Phi) is 5.52. The van der Waals surface area contributed by atoms with Crippen molar-refractivity contribution in [2.24, 2.45) is 5.73 Å². The number of hydrogen-bond acceptors (Lipinski definition) is 4. The van der Waals surface area contributed by atoms with Crippen molar-refractivity contribution in [3.8, 4) is 17.2 Å². The van der Waals surface area contributed by atoms with Crippen LogP contribution in [0.15, 0.2) is 42.5 Å². The Bertz CT molecular complexity index is 660. The molecule has 1 atom stereocenters. The Balaban J connectivity index is 0.00000192. The van der Waals surface area contributed by atoms with Crippen molar-refractivity contribution >= 4 is 12.4 Å². The zero-order chi connectivity index (χ0) is 15.6. The molecule has 1 aliphatic carbocycles. The molecule has 0 radical (unpaired) electrons. The van der Waals surface area contributed by atoms with Gasteiger partial charge >= 0.3 is 0 Å². The molecule has 2 aromatic carbocycles. The third-order valence-corrected chi connectivity index (χ3v) is 4.22. The second-order valence-electron chi connectivity index (χ2n) is 5.91. The minimum absolute atomic E-state index is 0. The molecule has 4 nitrogen and oxygen atoms in total. The van der Waals surface area contributed by atoms with E-state index in [1.54, 1.807) is 7.11 Å². The maximum absolute atomic E-state index is 9.46. The molecule has 1 unspecified atom stereocenters. The van der Waals surface area contributed by atoms with E-state index in [1.807, 2.05) is 36.4 Å². The summed E-state index contributed by atoms with van der Waals surface area (Å²) < 4.78 is 11.0. The van der Waals surface area contributed by atoms with Crippen LogP contribution in [0.4, 0.5) is 0 Å². The Morgan fingerprint density at radius 3 is 2.35 bits per heavy atom. The second-order valence-corrected chi connectivity index (χ2v) is 5.91. The van der Waals surface area contributed by atoms with Crippen LogP contribution in [0.3, 0.4) is 0 Å². The molecule has 0 aliphatic heterocycles. The predicted octanol–water partition coefficient (Wildman–Crippen LogP) is 3.09. The number of ether oxygens (including phenoxy) is 2. The van der Waals surface area contributed by atoms with Crippen LogP contribution in [-0.2, 0) is 12.8 Å². The molecule has 3 N–H and O–H groups in total. The lowest BCUT2D eigenvalue weighted by Gasteiger charge is -2.33. The molecule has 3 rings (SSSR count). The van der Waals surface area contributed by atoms with Crippen molar-refractivity contribution in [1.29, 1.82) is 0 Å². The first kappa shape index (κ1) is 17.6. The first-order valence-corrected chi connectivity index (χ1v) is 7.45. The van der Waals surface area contributed by atoms with E-state index in [2.05, 4.69) is 6.07 Å². The summed E-state index contributed by atoms with van der Waals surface area (Å²) in [7, 11) is 1.64. The van der Waals surface area contributed by atoms with E-state index in [0.29, 0.717) is 6.42 Å². The maximum Gasteiger partial charge on any atom is 0.127 e. The molecule has 5 heteroatoms. The normalized spacial score (nSPS) is 19.4. The SMILES string of the molecule is COc1ccc(Oc2ccc3c(c2)CC(N)(CO)CC3)cc1.Cl. The zero-order valence-corrected chi connectivity index (χ0v) is 13.9. The van der Waals surface area contributed by atoms with Crippen LogP contribution in [0.5, 0.6) is 17.2 Å². The Morgan fingerprint density at radius 1 is 1.04 bits per heavy atom. The molecule has 23 heavy (non-hydrogen) atoms. The quantitative estimate of drug-likeness (QED) is 0.901. The van der Waals surface area contributed by atoms with Gasteiger partial charge in [0.2, 0.25) is 0 Å². The topological polar surface area (TPSA) is 64.7 Å². The van der Waals surface area contributed by atoms with Crippen molar-refractivity contribution in [2.75, 3.05) is 13.7 Å². The Morgan fingerprint density at radius 2 is 1.70 bits per heavy atom. The smallest absolute Gasteiger partial charge is 0.127 e. The Hall–Kier alpha value is -1.75. The van der Waals surface area contributed by atoms with Crippen LogP contribution in [0.2, 0.25) is 0 Å². The first-order valence-electron chi connectivity index (χ1n) is 7.45. The van der Waals surface area contributed by atoms with E-state index < -0.39 is 5.54 Å². The molecular formula is C18H22ClNO3. The number of hydrogen-bond donors (Lipinski definition) is 2. The lowest BCUT2D eigenvalue weighted by Crippen LogP contribution is -2.48. The van der Waals surface area contributed by atoms with Crippen molar-refractivity contribution in [3.63, 3.8) is 0 Å². The highest BCUT2D eigenvalue weighted by atomic mass is 35.5. The van der Waals surface area contributed by atoms with Crippen LogP contribution < -0.4 is 15.2 Å². The lowest BCUT2D eigenvalue weighted by molar-refractivity contribution is 0.181. The average Bonchev–Trinajstić information content (AvgIpc) is 2.55. The molecule has 0 bridgehead atoms. The third kappa shape index (κ3) is 3.96. The summed E-state index contributed by atoms with van der Waals surface area (Å²) in [6.45, 7) is 0.00993. The molecule has 0 fully saturated rings. The summed E-state index contributed by atoms with van der Waals surface area (Å²) in [5.41, 5.74) is 8.14. The fraction of sp³-hybridized carbons (Fsp3) is 0.333. The third-order valence-electron chi connectivity index (χ3n) is 4.22. The van der Waals surface area contributed by atoms with Gasteiger partial charge in [0.05, 0.1) is 13.7 Å². The van der Waals surface area contributed by atoms with Gasteiger partial charge in [0, 0.05) is 5.54 Å². The number of aryl methyl sites for hydroxylation is 1. The number of halogens is 1. The minimum atomic E-state index is -0.508. The monoisotopic (exact) mass is 335 g/mol. The molecular weight excluding hydrogens is 314 g/mol. The van der Waals surface area contributed by atoms with Gasteiger partial charge in [0.1, 0.15) is 17.2 Å². The van der Waals surface area contributed by atoms with Crippen molar-refractivity contribution in [3.05, 3.63) is 53.6 Å². The summed E-state index contributed by atoms with van der Waals surface area (Å²) in [4.78, 5) is 0. The van der Waals surface area contributed by atoms with E-state index in [9.17, 15) is 5.11 Å². The number of benzene rings is 2. The predicted molar refractivity (Wildman–Crippen MR) is 92.8 cm³/mol. The van der Waals surface area contributed by atoms with E-state index in [4.69, 9.17) is 15.2 Å². The van der Waals surface area contributed by atoms with Crippen molar-refractivity contribution in [2.45, 2.75) is 24.8 Å². The largest absolute Gasteiger partial charge is 0.497 e. The highest BCUT2D eigenvalue weighted by Gasteiger charge is 2.29. The standard InChI is InChI=1S/C18H21NO3.ClH/c1-21-15-4-6-16(7-5-15)22-17-3-2-13-8-9-18(19,12-20)11-14(13)10-17;/h2-7,10,20H,8-9,11-12,19H2,1H3;1H. The molecule has 124 valence electrons. The fourth-order valence-electron chi connectivity index (χ4n) is 2.84. The molecule has 0 amide bonds. The van der Waals surface area contributed by atoms with Crippen LogP contribution in [0.25, 0.3) is 0 Å². The van der Waals surface area contributed by atoms with Gasteiger partial charge in [0.15, 0.2) is 0 Å². The summed E-state index contributed by atoms with van der Waals surface area (Å²) >= 11 is 0. The van der Waals surface area contributed by atoms with Crippen LogP contribution >= 0.6 is 12.4 Å². The maximum atomic E-state index is 9.46. The summed E-state index contributed by atoms with van der Waals surface area (Å²) in [5.74, 6) is 2.34. The van der Waals surface area contributed by atoms with Gasteiger partial charge in [-0.25, -0.2) is 0 Å². The van der Waals surface area contributed by atoms with E-state index in [-0.39, 0.29) is 19.0 Å². The van der Waals surface area contributed by atoms with Gasteiger partial charge in [-0.15, -0.1) is 12.4 Å².